The number of rotatable bonds is 8. The van der Waals surface area contributed by atoms with E-state index in [1.54, 1.807) is 11.8 Å². The van der Waals surface area contributed by atoms with Gasteiger partial charge in [0.05, 0.1) is 12.9 Å². The molecule has 3 heterocycles. The third kappa shape index (κ3) is 4.12. The number of para-hydroxylation sites is 2. The lowest BCUT2D eigenvalue weighted by Crippen LogP contribution is -2.08. The molecule has 0 radical (unpaired) electrons. The molecule has 5 rings (SSSR count). The molecule has 0 spiro atoms. The summed E-state index contributed by atoms with van der Waals surface area (Å²) in [5, 5.41) is 12.5. The SMILES string of the molecule is COc1ccccc1-n1nnnc1SCC(=O)c1cc(C)n(Cc2ccc3c(c2)OCO3)c1C. The number of hydrogen-bond acceptors (Lipinski definition) is 8. The number of fused-ring (bicyclic) bond motifs is 1. The number of aryl methyl sites for hydroxylation is 1. The Morgan fingerprint density at radius 3 is 2.79 bits per heavy atom. The normalized spacial score (nSPS) is 12.2. The zero-order valence-corrected chi connectivity index (χ0v) is 19.8. The van der Waals surface area contributed by atoms with Crippen LogP contribution in [0.2, 0.25) is 0 Å². The van der Waals surface area contributed by atoms with Crippen LogP contribution in [0.4, 0.5) is 0 Å². The second-order valence-corrected chi connectivity index (χ2v) is 8.76. The maximum Gasteiger partial charge on any atom is 0.231 e. The highest BCUT2D eigenvalue weighted by molar-refractivity contribution is 7.99. The van der Waals surface area contributed by atoms with Gasteiger partial charge in [0.1, 0.15) is 11.4 Å². The predicted molar refractivity (Wildman–Crippen MR) is 126 cm³/mol. The molecule has 0 saturated carbocycles. The fourth-order valence-electron chi connectivity index (χ4n) is 3.98. The number of benzene rings is 2. The molecule has 174 valence electrons. The van der Waals surface area contributed by atoms with Gasteiger partial charge in [0, 0.05) is 23.5 Å². The molecule has 0 aliphatic carbocycles. The van der Waals surface area contributed by atoms with Gasteiger partial charge in [0.25, 0.3) is 0 Å². The van der Waals surface area contributed by atoms with Crippen molar-refractivity contribution in [1.82, 2.24) is 24.8 Å². The lowest BCUT2D eigenvalue weighted by Gasteiger charge is -2.11. The number of nitrogens with zero attached hydrogens (tertiary/aromatic N) is 5. The second kappa shape index (κ2) is 9.22. The lowest BCUT2D eigenvalue weighted by atomic mass is 10.1. The summed E-state index contributed by atoms with van der Waals surface area (Å²) in [5.41, 5.74) is 4.43. The summed E-state index contributed by atoms with van der Waals surface area (Å²) >= 11 is 1.29. The van der Waals surface area contributed by atoms with Gasteiger partial charge in [-0.15, -0.1) is 5.10 Å². The Morgan fingerprint density at radius 1 is 1.12 bits per heavy atom. The van der Waals surface area contributed by atoms with Gasteiger partial charge in [-0.25, -0.2) is 0 Å². The van der Waals surface area contributed by atoms with Crippen LogP contribution < -0.4 is 14.2 Å². The van der Waals surface area contributed by atoms with Crippen LogP contribution in [0.5, 0.6) is 17.2 Å². The fraction of sp³-hybridized carbons (Fsp3) is 0.250. The van der Waals surface area contributed by atoms with Crippen LogP contribution in [0.1, 0.15) is 27.3 Å². The molecule has 1 aliphatic rings. The standard InChI is InChI=1S/C24H23N5O4S/c1-15-10-18(16(2)28(15)12-17-8-9-22-23(11-17)33-14-32-22)20(30)13-34-24-25-26-27-29(24)19-6-4-5-7-21(19)31-3/h4-11H,12-14H2,1-3H3. The van der Waals surface area contributed by atoms with Crippen LogP contribution in [-0.2, 0) is 6.54 Å². The monoisotopic (exact) mass is 477 g/mol. The largest absolute Gasteiger partial charge is 0.494 e. The van der Waals surface area contributed by atoms with Gasteiger partial charge in [-0.3, -0.25) is 4.79 Å². The van der Waals surface area contributed by atoms with Gasteiger partial charge in [-0.1, -0.05) is 30.0 Å². The van der Waals surface area contributed by atoms with Crippen molar-refractivity contribution in [3.05, 3.63) is 71.0 Å². The zero-order valence-electron chi connectivity index (χ0n) is 19.0. The number of hydrogen-bond donors (Lipinski definition) is 0. The summed E-state index contributed by atoms with van der Waals surface area (Å²) in [5.74, 6) is 2.39. The maximum atomic E-state index is 13.1. The van der Waals surface area contributed by atoms with Crippen molar-refractivity contribution in [1.29, 1.82) is 0 Å². The minimum Gasteiger partial charge on any atom is -0.494 e. The predicted octanol–water partition coefficient (Wildman–Crippen LogP) is 3.84. The van der Waals surface area contributed by atoms with Crippen molar-refractivity contribution in [2.45, 2.75) is 25.5 Å². The number of carbonyl (C=O) groups excluding carboxylic acids is 1. The quantitative estimate of drug-likeness (QED) is 0.279. The van der Waals surface area contributed by atoms with E-state index >= 15 is 0 Å². The lowest BCUT2D eigenvalue weighted by molar-refractivity contribution is 0.102. The third-order valence-corrected chi connectivity index (χ3v) is 6.66. The molecule has 4 aromatic rings. The van der Waals surface area contributed by atoms with E-state index in [9.17, 15) is 4.79 Å². The Hall–Kier alpha value is -3.79. The first-order valence-electron chi connectivity index (χ1n) is 10.7. The van der Waals surface area contributed by atoms with Crippen molar-refractivity contribution in [3.8, 4) is 22.9 Å². The molecule has 2 aromatic heterocycles. The van der Waals surface area contributed by atoms with Crippen LogP contribution >= 0.6 is 11.8 Å². The van der Waals surface area contributed by atoms with Gasteiger partial charge in [0.15, 0.2) is 17.3 Å². The molecule has 0 atom stereocenters. The highest BCUT2D eigenvalue weighted by Crippen LogP contribution is 2.33. The first-order valence-corrected chi connectivity index (χ1v) is 11.7. The van der Waals surface area contributed by atoms with Crippen LogP contribution in [0.25, 0.3) is 5.69 Å². The molecule has 10 heteroatoms. The molecular formula is C24H23N5O4S. The van der Waals surface area contributed by atoms with E-state index in [-0.39, 0.29) is 18.3 Å². The van der Waals surface area contributed by atoms with Gasteiger partial charge in [-0.05, 0) is 60.2 Å². The van der Waals surface area contributed by atoms with Crippen molar-refractivity contribution in [2.24, 2.45) is 0 Å². The topological polar surface area (TPSA) is 93.3 Å². The molecule has 0 fully saturated rings. The second-order valence-electron chi connectivity index (χ2n) is 7.82. The van der Waals surface area contributed by atoms with E-state index < -0.39 is 0 Å². The summed E-state index contributed by atoms with van der Waals surface area (Å²) in [7, 11) is 1.60. The van der Waals surface area contributed by atoms with E-state index in [1.807, 2.05) is 62.4 Å². The number of ketones is 1. The molecule has 2 aromatic carbocycles. The summed E-state index contributed by atoms with van der Waals surface area (Å²) in [6, 6.07) is 15.3. The smallest absolute Gasteiger partial charge is 0.231 e. The zero-order chi connectivity index (χ0) is 23.7. The fourth-order valence-corrected chi connectivity index (χ4v) is 4.75. The number of aromatic nitrogens is 5. The Balaban J connectivity index is 1.32. The summed E-state index contributed by atoms with van der Waals surface area (Å²) in [6.45, 7) is 4.86. The van der Waals surface area contributed by atoms with Crippen molar-refractivity contribution in [2.75, 3.05) is 19.7 Å². The highest BCUT2D eigenvalue weighted by Gasteiger charge is 2.20. The molecule has 0 bridgehead atoms. The molecule has 0 amide bonds. The Labute approximate surface area is 200 Å². The molecule has 34 heavy (non-hydrogen) atoms. The molecular weight excluding hydrogens is 454 g/mol. The number of Topliss-reactive ketones (excluding diaryl/α,β-unsaturated/α-hetero) is 1. The van der Waals surface area contributed by atoms with Gasteiger partial charge in [-0.2, -0.15) is 4.68 Å². The molecule has 1 aliphatic heterocycles. The molecule has 0 N–H and O–H groups in total. The minimum absolute atomic E-state index is 0.0182. The average molecular weight is 478 g/mol. The Kier molecular flexibility index (Phi) is 5.97. The van der Waals surface area contributed by atoms with E-state index in [2.05, 4.69) is 20.1 Å². The number of thioether (sulfide) groups is 1. The molecule has 0 unspecified atom stereocenters. The van der Waals surface area contributed by atoms with E-state index in [4.69, 9.17) is 14.2 Å². The minimum atomic E-state index is 0.0182. The summed E-state index contributed by atoms with van der Waals surface area (Å²) in [4.78, 5) is 13.1. The number of tetrazole rings is 1. The average Bonchev–Trinajstić information content (AvgIpc) is 3.58. The highest BCUT2D eigenvalue weighted by atomic mass is 32.2. The first-order chi connectivity index (χ1) is 16.5. The Bertz CT molecular complexity index is 1360. The summed E-state index contributed by atoms with van der Waals surface area (Å²) in [6.07, 6.45) is 0. The van der Waals surface area contributed by atoms with Gasteiger partial charge < -0.3 is 18.8 Å². The van der Waals surface area contributed by atoms with Crippen LogP contribution in [0.15, 0.2) is 53.7 Å². The van der Waals surface area contributed by atoms with Crippen LogP contribution in [0.3, 0.4) is 0 Å². The Morgan fingerprint density at radius 2 is 1.94 bits per heavy atom. The van der Waals surface area contributed by atoms with E-state index in [0.717, 1.165) is 28.5 Å². The maximum absolute atomic E-state index is 13.1. The molecule has 9 nitrogen and oxygen atoms in total. The molecule has 0 saturated heterocycles. The van der Waals surface area contributed by atoms with Crippen LogP contribution in [0, 0.1) is 13.8 Å². The third-order valence-electron chi connectivity index (χ3n) is 5.74. The van der Waals surface area contributed by atoms with Crippen molar-refractivity contribution in [3.63, 3.8) is 0 Å². The van der Waals surface area contributed by atoms with Gasteiger partial charge >= 0.3 is 0 Å². The summed E-state index contributed by atoms with van der Waals surface area (Å²) < 4.78 is 20.0. The van der Waals surface area contributed by atoms with E-state index in [1.165, 1.54) is 11.8 Å². The van der Waals surface area contributed by atoms with Crippen molar-refractivity contribution >= 4 is 17.5 Å². The number of ether oxygens (including phenoxy) is 3. The van der Waals surface area contributed by atoms with Crippen LogP contribution in [-0.4, -0.2) is 50.2 Å². The van der Waals surface area contributed by atoms with E-state index in [0.29, 0.717) is 28.7 Å². The first kappa shape index (κ1) is 22.0. The number of methoxy groups -OCH3 is 1. The van der Waals surface area contributed by atoms with Gasteiger partial charge in [0.2, 0.25) is 11.9 Å². The number of carbonyl (C=O) groups is 1. The van der Waals surface area contributed by atoms with Crippen molar-refractivity contribution < 1.29 is 19.0 Å².